The SMILES string of the molecule is ClCCOC(Cl)=C(Cl)Cl. The highest BCUT2D eigenvalue weighted by Crippen LogP contribution is 2.18. The van der Waals surface area contributed by atoms with Gasteiger partial charge in [-0.05, 0) is 11.6 Å². The fraction of sp³-hybridized carbons (Fsp3) is 0.500. The number of halogens is 4. The van der Waals surface area contributed by atoms with Gasteiger partial charge >= 0.3 is 0 Å². The first-order chi connectivity index (χ1) is 4.18. The van der Waals surface area contributed by atoms with E-state index in [1.807, 2.05) is 0 Å². The van der Waals surface area contributed by atoms with Crippen molar-refractivity contribution in [1.82, 2.24) is 0 Å². The molecular weight excluding hydrogens is 206 g/mol. The molecule has 5 heteroatoms. The monoisotopic (exact) mass is 208 g/mol. The second-order valence-electron chi connectivity index (χ2n) is 1.07. The van der Waals surface area contributed by atoms with Crippen molar-refractivity contribution in [3.8, 4) is 0 Å². The van der Waals surface area contributed by atoms with Crippen LogP contribution in [-0.2, 0) is 4.74 Å². The minimum atomic E-state index is -0.0817. The molecule has 0 aliphatic heterocycles. The van der Waals surface area contributed by atoms with Crippen LogP contribution in [0.2, 0.25) is 0 Å². The van der Waals surface area contributed by atoms with Gasteiger partial charge in [-0.15, -0.1) is 11.6 Å². The average molecular weight is 210 g/mol. The molecule has 0 aromatic rings. The van der Waals surface area contributed by atoms with Gasteiger partial charge in [0.25, 0.3) is 0 Å². The Bertz CT molecular complexity index is 107. The molecule has 0 fully saturated rings. The van der Waals surface area contributed by atoms with Gasteiger partial charge in [0.05, 0.1) is 5.88 Å². The van der Waals surface area contributed by atoms with Crippen molar-refractivity contribution >= 4 is 46.4 Å². The van der Waals surface area contributed by atoms with E-state index >= 15 is 0 Å². The van der Waals surface area contributed by atoms with E-state index in [0.29, 0.717) is 12.5 Å². The first-order valence-electron chi connectivity index (χ1n) is 2.08. The molecule has 0 aliphatic carbocycles. The summed E-state index contributed by atoms with van der Waals surface area (Å²) in [5.74, 6) is 0.358. The highest BCUT2D eigenvalue weighted by Gasteiger charge is 1.97. The van der Waals surface area contributed by atoms with Crippen LogP contribution in [0.15, 0.2) is 9.71 Å². The van der Waals surface area contributed by atoms with Gasteiger partial charge in [-0.25, -0.2) is 0 Å². The zero-order valence-electron chi connectivity index (χ0n) is 4.33. The summed E-state index contributed by atoms with van der Waals surface area (Å²) < 4.78 is 4.62. The van der Waals surface area contributed by atoms with Crippen LogP contribution < -0.4 is 0 Å². The Labute approximate surface area is 73.5 Å². The lowest BCUT2D eigenvalue weighted by molar-refractivity contribution is 0.257. The van der Waals surface area contributed by atoms with E-state index in [0.717, 1.165) is 0 Å². The van der Waals surface area contributed by atoms with Gasteiger partial charge in [-0.1, -0.05) is 23.2 Å². The quantitative estimate of drug-likeness (QED) is 0.513. The van der Waals surface area contributed by atoms with Crippen LogP contribution in [0.3, 0.4) is 0 Å². The van der Waals surface area contributed by atoms with E-state index in [1.54, 1.807) is 0 Å². The number of hydrogen-bond acceptors (Lipinski definition) is 1. The summed E-state index contributed by atoms with van der Waals surface area (Å²) in [6.07, 6.45) is 0. The summed E-state index contributed by atoms with van der Waals surface area (Å²) >= 11 is 21.0. The van der Waals surface area contributed by atoms with Gasteiger partial charge in [0.1, 0.15) is 6.61 Å². The van der Waals surface area contributed by atoms with Crippen LogP contribution >= 0.6 is 46.4 Å². The predicted octanol–water partition coefficient (Wildman–Crippen LogP) is 3.08. The Balaban J connectivity index is 3.50. The topological polar surface area (TPSA) is 9.23 Å². The summed E-state index contributed by atoms with van der Waals surface area (Å²) in [6, 6.07) is 0. The molecule has 0 heterocycles. The highest BCUT2D eigenvalue weighted by molar-refractivity contribution is 6.59. The summed E-state index contributed by atoms with van der Waals surface area (Å²) in [5.41, 5.74) is 0. The average Bonchev–Trinajstić information content (AvgIpc) is 1.82. The van der Waals surface area contributed by atoms with E-state index in [-0.39, 0.29) is 9.71 Å². The molecule has 0 saturated carbocycles. The van der Waals surface area contributed by atoms with Crippen molar-refractivity contribution in [2.75, 3.05) is 12.5 Å². The van der Waals surface area contributed by atoms with Crippen molar-refractivity contribution < 1.29 is 4.74 Å². The van der Waals surface area contributed by atoms with Crippen molar-refractivity contribution in [1.29, 1.82) is 0 Å². The van der Waals surface area contributed by atoms with Gasteiger partial charge < -0.3 is 4.74 Å². The standard InChI is InChI=1S/C4H4Cl4O/c5-1-2-9-4(8)3(6)7/h1-2H2. The number of ether oxygens (including phenoxy) is 1. The Hall–Kier alpha value is 0.700. The zero-order valence-corrected chi connectivity index (χ0v) is 7.36. The van der Waals surface area contributed by atoms with Gasteiger partial charge in [0, 0.05) is 0 Å². The first-order valence-corrected chi connectivity index (χ1v) is 3.75. The van der Waals surface area contributed by atoms with E-state index in [4.69, 9.17) is 51.1 Å². The van der Waals surface area contributed by atoms with Crippen molar-refractivity contribution in [2.24, 2.45) is 0 Å². The Kier molecular flexibility index (Phi) is 5.91. The Morgan fingerprint density at radius 2 is 1.78 bits per heavy atom. The molecule has 0 unspecified atom stereocenters. The maximum Gasteiger partial charge on any atom is 0.217 e. The van der Waals surface area contributed by atoms with Gasteiger partial charge in [-0.3, -0.25) is 0 Å². The Morgan fingerprint density at radius 1 is 1.22 bits per heavy atom. The lowest BCUT2D eigenvalue weighted by Gasteiger charge is -1.99. The van der Waals surface area contributed by atoms with Crippen LogP contribution in [-0.4, -0.2) is 12.5 Å². The Morgan fingerprint density at radius 3 is 2.11 bits per heavy atom. The third kappa shape index (κ3) is 5.16. The molecule has 1 nitrogen and oxygen atoms in total. The molecule has 0 aromatic heterocycles. The van der Waals surface area contributed by atoms with Gasteiger partial charge in [-0.2, -0.15) is 0 Å². The molecule has 0 aliphatic rings. The molecular formula is C4H4Cl4O. The van der Waals surface area contributed by atoms with Crippen molar-refractivity contribution in [3.63, 3.8) is 0 Å². The maximum atomic E-state index is 5.33. The third-order valence-electron chi connectivity index (χ3n) is 0.455. The third-order valence-corrected chi connectivity index (χ3v) is 1.44. The lowest BCUT2D eigenvalue weighted by Crippen LogP contribution is -1.90. The lowest BCUT2D eigenvalue weighted by atomic mass is 10.8. The number of rotatable bonds is 3. The number of hydrogen-bond donors (Lipinski definition) is 0. The molecule has 0 spiro atoms. The van der Waals surface area contributed by atoms with Crippen molar-refractivity contribution in [2.45, 2.75) is 0 Å². The molecule has 0 atom stereocenters. The molecule has 0 rings (SSSR count). The summed E-state index contributed by atoms with van der Waals surface area (Å²) in [5, 5.41) is -0.0148. The van der Waals surface area contributed by atoms with E-state index in [1.165, 1.54) is 0 Å². The zero-order chi connectivity index (χ0) is 7.28. The highest BCUT2D eigenvalue weighted by atomic mass is 35.5. The summed E-state index contributed by atoms with van der Waals surface area (Å²) in [7, 11) is 0. The minimum Gasteiger partial charge on any atom is -0.480 e. The molecule has 0 amide bonds. The number of alkyl halides is 1. The first kappa shape index (κ1) is 9.70. The second kappa shape index (κ2) is 5.48. The maximum absolute atomic E-state index is 5.33. The second-order valence-corrected chi connectivity index (χ2v) is 2.74. The van der Waals surface area contributed by atoms with Gasteiger partial charge in [0.2, 0.25) is 5.22 Å². The van der Waals surface area contributed by atoms with E-state index in [9.17, 15) is 0 Å². The van der Waals surface area contributed by atoms with Crippen LogP contribution in [0, 0.1) is 0 Å². The molecule has 54 valence electrons. The van der Waals surface area contributed by atoms with Gasteiger partial charge in [0.15, 0.2) is 4.49 Å². The molecule has 0 aromatic carbocycles. The molecule has 0 N–H and O–H groups in total. The minimum absolute atomic E-state index is 0.0148. The fourth-order valence-corrected chi connectivity index (χ4v) is 0.446. The van der Waals surface area contributed by atoms with Crippen LogP contribution in [0.5, 0.6) is 0 Å². The molecule has 9 heavy (non-hydrogen) atoms. The van der Waals surface area contributed by atoms with Crippen molar-refractivity contribution in [3.05, 3.63) is 9.71 Å². The normalized spacial score (nSPS) is 8.89. The summed E-state index contributed by atoms with van der Waals surface area (Å²) in [6.45, 7) is 0.309. The van der Waals surface area contributed by atoms with E-state index in [2.05, 4.69) is 0 Å². The van der Waals surface area contributed by atoms with E-state index < -0.39 is 0 Å². The molecule has 0 saturated heterocycles. The smallest absolute Gasteiger partial charge is 0.217 e. The summed E-state index contributed by atoms with van der Waals surface area (Å²) in [4.78, 5) is 0. The molecule has 0 radical (unpaired) electrons. The van der Waals surface area contributed by atoms with Crippen LogP contribution in [0.4, 0.5) is 0 Å². The van der Waals surface area contributed by atoms with Crippen LogP contribution in [0.25, 0.3) is 0 Å². The van der Waals surface area contributed by atoms with Crippen LogP contribution in [0.1, 0.15) is 0 Å². The molecule has 0 bridgehead atoms. The largest absolute Gasteiger partial charge is 0.480 e. The fourth-order valence-electron chi connectivity index (χ4n) is 0.183. The predicted molar refractivity (Wildman–Crippen MR) is 41.3 cm³/mol.